The van der Waals surface area contributed by atoms with Crippen LogP contribution in [0.4, 0.5) is 0 Å². The quantitative estimate of drug-likeness (QED) is 0.621. The van der Waals surface area contributed by atoms with Gasteiger partial charge in [-0.1, -0.05) is 6.42 Å². The SMILES string of the molecule is CC(=O)OC1CC2CCCC(C1)N2. The average Bonchev–Trinajstić information content (AvgIpc) is 2.01. The molecule has 2 aliphatic rings. The van der Waals surface area contributed by atoms with E-state index in [-0.39, 0.29) is 12.1 Å². The molecule has 1 N–H and O–H groups in total. The molecule has 2 unspecified atom stereocenters. The zero-order valence-corrected chi connectivity index (χ0v) is 8.08. The Morgan fingerprint density at radius 2 is 1.92 bits per heavy atom. The number of piperidine rings is 2. The normalized spacial score (nSPS) is 38.4. The number of hydrogen-bond acceptors (Lipinski definition) is 3. The van der Waals surface area contributed by atoms with Crippen LogP contribution < -0.4 is 5.32 Å². The summed E-state index contributed by atoms with van der Waals surface area (Å²) < 4.78 is 5.25. The fourth-order valence-corrected chi connectivity index (χ4v) is 2.54. The summed E-state index contributed by atoms with van der Waals surface area (Å²) in [4.78, 5) is 10.8. The number of ether oxygens (including phenoxy) is 1. The molecule has 2 rings (SSSR count). The van der Waals surface area contributed by atoms with Crippen LogP contribution in [-0.2, 0) is 9.53 Å². The third-order valence-corrected chi connectivity index (χ3v) is 3.00. The Kier molecular flexibility index (Phi) is 2.54. The van der Waals surface area contributed by atoms with Gasteiger partial charge in [0.2, 0.25) is 0 Å². The zero-order valence-electron chi connectivity index (χ0n) is 8.08. The second-order valence-corrected chi connectivity index (χ2v) is 4.19. The molecule has 2 heterocycles. The maximum atomic E-state index is 10.8. The summed E-state index contributed by atoms with van der Waals surface area (Å²) in [5.74, 6) is -0.134. The van der Waals surface area contributed by atoms with Crippen LogP contribution in [0.2, 0.25) is 0 Å². The van der Waals surface area contributed by atoms with Crippen molar-refractivity contribution in [3.05, 3.63) is 0 Å². The van der Waals surface area contributed by atoms with Crippen molar-refractivity contribution in [1.82, 2.24) is 5.32 Å². The van der Waals surface area contributed by atoms with E-state index in [0.717, 1.165) is 12.8 Å². The highest BCUT2D eigenvalue weighted by Gasteiger charge is 2.32. The minimum absolute atomic E-state index is 0.134. The van der Waals surface area contributed by atoms with Gasteiger partial charge in [0, 0.05) is 19.0 Å². The van der Waals surface area contributed by atoms with Gasteiger partial charge in [0.25, 0.3) is 0 Å². The minimum Gasteiger partial charge on any atom is -0.462 e. The van der Waals surface area contributed by atoms with Gasteiger partial charge in [0.05, 0.1) is 0 Å². The summed E-state index contributed by atoms with van der Waals surface area (Å²) >= 11 is 0. The molecule has 74 valence electrons. The molecular formula is C10H17NO2. The lowest BCUT2D eigenvalue weighted by atomic mass is 9.85. The monoisotopic (exact) mass is 183 g/mol. The van der Waals surface area contributed by atoms with E-state index < -0.39 is 0 Å². The molecule has 0 amide bonds. The first-order valence-corrected chi connectivity index (χ1v) is 5.17. The van der Waals surface area contributed by atoms with Crippen LogP contribution in [-0.4, -0.2) is 24.2 Å². The van der Waals surface area contributed by atoms with E-state index in [4.69, 9.17) is 4.74 Å². The summed E-state index contributed by atoms with van der Waals surface area (Å²) in [5.41, 5.74) is 0. The summed E-state index contributed by atoms with van der Waals surface area (Å²) in [7, 11) is 0. The lowest BCUT2D eigenvalue weighted by Gasteiger charge is -2.39. The third kappa shape index (κ3) is 2.21. The number of carbonyl (C=O) groups excluding carboxylic acids is 1. The van der Waals surface area contributed by atoms with E-state index in [2.05, 4.69) is 5.32 Å². The van der Waals surface area contributed by atoms with E-state index in [1.807, 2.05) is 0 Å². The summed E-state index contributed by atoms with van der Waals surface area (Å²) in [5, 5.41) is 3.56. The highest BCUT2D eigenvalue weighted by molar-refractivity contribution is 5.66. The topological polar surface area (TPSA) is 38.3 Å². The van der Waals surface area contributed by atoms with Gasteiger partial charge in [-0.05, 0) is 25.7 Å². The molecule has 3 nitrogen and oxygen atoms in total. The van der Waals surface area contributed by atoms with Gasteiger partial charge < -0.3 is 10.1 Å². The predicted molar refractivity (Wildman–Crippen MR) is 49.4 cm³/mol. The number of rotatable bonds is 1. The van der Waals surface area contributed by atoms with Crippen molar-refractivity contribution in [3.63, 3.8) is 0 Å². The second-order valence-electron chi connectivity index (χ2n) is 4.19. The highest BCUT2D eigenvalue weighted by Crippen LogP contribution is 2.27. The van der Waals surface area contributed by atoms with Gasteiger partial charge in [-0.15, -0.1) is 0 Å². The van der Waals surface area contributed by atoms with Crippen LogP contribution in [0, 0.1) is 0 Å². The first-order chi connectivity index (χ1) is 6.24. The summed E-state index contributed by atoms with van der Waals surface area (Å²) in [6.45, 7) is 1.50. The third-order valence-electron chi connectivity index (χ3n) is 3.00. The molecule has 0 aliphatic carbocycles. The molecule has 2 saturated heterocycles. The van der Waals surface area contributed by atoms with Crippen molar-refractivity contribution in [3.8, 4) is 0 Å². The molecule has 0 aromatic heterocycles. The molecule has 2 aliphatic heterocycles. The molecule has 3 heteroatoms. The van der Waals surface area contributed by atoms with Crippen molar-refractivity contribution in [2.45, 2.75) is 57.2 Å². The number of esters is 1. The summed E-state index contributed by atoms with van der Waals surface area (Å²) in [6, 6.07) is 1.19. The van der Waals surface area contributed by atoms with Crippen molar-refractivity contribution >= 4 is 5.97 Å². The van der Waals surface area contributed by atoms with Gasteiger partial charge in [-0.25, -0.2) is 0 Å². The van der Waals surface area contributed by atoms with E-state index in [1.165, 1.54) is 26.2 Å². The van der Waals surface area contributed by atoms with Crippen LogP contribution in [0.1, 0.15) is 39.0 Å². The number of hydrogen-bond donors (Lipinski definition) is 1. The fourth-order valence-electron chi connectivity index (χ4n) is 2.54. The van der Waals surface area contributed by atoms with Crippen LogP contribution >= 0.6 is 0 Å². The van der Waals surface area contributed by atoms with Crippen LogP contribution in [0.25, 0.3) is 0 Å². The van der Waals surface area contributed by atoms with E-state index in [1.54, 1.807) is 0 Å². The van der Waals surface area contributed by atoms with Crippen molar-refractivity contribution < 1.29 is 9.53 Å². The van der Waals surface area contributed by atoms with E-state index >= 15 is 0 Å². The van der Waals surface area contributed by atoms with Crippen LogP contribution in [0.5, 0.6) is 0 Å². The highest BCUT2D eigenvalue weighted by atomic mass is 16.5. The van der Waals surface area contributed by atoms with Gasteiger partial charge >= 0.3 is 5.97 Å². The lowest BCUT2D eigenvalue weighted by molar-refractivity contribution is -0.148. The zero-order chi connectivity index (χ0) is 9.26. The second kappa shape index (κ2) is 3.66. The maximum Gasteiger partial charge on any atom is 0.302 e. The van der Waals surface area contributed by atoms with Crippen LogP contribution in [0.15, 0.2) is 0 Å². The first-order valence-electron chi connectivity index (χ1n) is 5.17. The van der Waals surface area contributed by atoms with Crippen molar-refractivity contribution in [2.75, 3.05) is 0 Å². The first kappa shape index (κ1) is 9.00. The Hall–Kier alpha value is -0.570. The van der Waals surface area contributed by atoms with Crippen molar-refractivity contribution in [2.24, 2.45) is 0 Å². The molecule has 13 heavy (non-hydrogen) atoms. The van der Waals surface area contributed by atoms with Crippen LogP contribution in [0.3, 0.4) is 0 Å². The Bertz CT molecular complexity index is 193. The Morgan fingerprint density at radius 3 is 2.46 bits per heavy atom. The number of nitrogens with one attached hydrogen (secondary N) is 1. The van der Waals surface area contributed by atoms with Crippen molar-refractivity contribution in [1.29, 1.82) is 0 Å². The molecule has 2 fully saturated rings. The Labute approximate surface area is 78.8 Å². The van der Waals surface area contributed by atoms with E-state index in [9.17, 15) is 4.79 Å². The van der Waals surface area contributed by atoms with Gasteiger partial charge in [-0.2, -0.15) is 0 Å². The Morgan fingerprint density at radius 1 is 1.31 bits per heavy atom. The Balaban J connectivity index is 1.90. The molecule has 2 atom stereocenters. The maximum absolute atomic E-state index is 10.8. The number of fused-ring (bicyclic) bond motifs is 2. The summed E-state index contributed by atoms with van der Waals surface area (Å²) in [6.07, 6.45) is 6.01. The molecule has 0 saturated carbocycles. The lowest BCUT2D eigenvalue weighted by Crippen LogP contribution is -2.51. The van der Waals surface area contributed by atoms with Gasteiger partial charge in [0.1, 0.15) is 6.10 Å². The van der Waals surface area contributed by atoms with Gasteiger partial charge in [0.15, 0.2) is 0 Å². The minimum atomic E-state index is -0.134. The number of carbonyl (C=O) groups is 1. The predicted octanol–water partition coefficient (Wildman–Crippen LogP) is 1.22. The molecule has 0 radical (unpaired) electrons. The largest absolute Gasteiger partial charge is 0.462 e. The molecule has 0 aromatic rings. The molecule has 0 spiro atoms. The fraction of sp³-hybridized carbons (Fsp3) is 0.900. The average molecular weight is 183 g/mol. The standard InChI is InChI=1S/C10H17NO2/c1-7(12)13-10-5-8-3-2-4-9(6-10)11-8/h8-11H,2-6H2,1H3. The van der Waals surface area contributed by atoms with E-state index in [0.29, 0.717) is 12.1 Å². The molecule has 0 aromatic carbocycles. The smallest absolute Gasteiger partial charge is 0.302 e. The molecule has 2 bridgehead atoms. The molecular weight excluding hydrogens is 166 g/mol. The van der Waals surface area contributed by atoms with Gasteiger partial charge in [-0.3, -0.25) is 4.79 Å².